The molecular weight excluding hydrogens is 346 g/mol. The molecule has 5 rings (SSSR count). The van der Waals surface area contributed by atoms with Gasteiger partial charge in [0.2, 0.25) is 0 Å². The summed E-state index contributed by atoms with van der Waals surface area (Å²) in [6.45, 7) is 2.72. The van der Waals surface area contributed by atoms with Crippen LogP contribution in [0.4, 0.5) is 5.82 Å². The molecule has 0 aliphatic carbocycles. The molecule has 0 spiro atoms. The maximum atomic E-state index is 6.69. The first-order valence-electron chi connectivity index (χ1n) is 8.70. The van der Waals surface area contributed by atoms with Gasteiger partial charge >= 0.3 is 0 Å². The zero-order valence-electron chi connectivity index (χ0n) is 14.3. The third-order valence-electron chi connectivity index (χ3n) is 5.02. The van der Waals surface area contributed by atoms with Gasteiger partial charge in [-0.2, -0.15) is 5.10 Å². The third-order valence-corrected chi connectivity index (χ3v) is 5.29. The van der Waals surface area contributed by atoms with E-state index in [1.165, 1.54) is 5.56 Å². The molecule has 0 unspecified atom stereocenters. The summed E-state index contributed by atoms with van der Waals surface area (Å²) < 4.78 is 3.62. The lowest BCUT2D eigenvalue weighted by molar-refractivity contribution is 0.322. The average molecular weight is 364 g/mol. The Labute approximate surface area is 157 Å². The number of halogens is 1. The molecule has 130 valence electrons. The van der Waals surface area contributed by atoms with Crippen LogP contribution in [0, 0.1) is 0 Å². The van der Waals surface area contributed by atoms with E-state index in [2.05, 4.69) is 41.2 Å². The highest BCUT2D eigenvalue weighted by molar-refractivity contribution is 6.28. The molecule has 6 heteroatoms. The maximum Gasteiger partial charge on any atom is 0.159 e. The predicted molar refractivity (Wildman–Crippen MR) is 104 cm³/mol. The smallest absolute Gasteiger partial charge is 0.159 e. The average Bonchev–Trinajstić information content (AvgIpc) is 3.25. The number of fused-ring (bicyclic) bond motifs is 3. The highest BCUT2D eigenvalue weighted by Gasteiger charge is 2.42. The SMILES string of the molecule is C[C@@H]1N=C2c3cnn(-c4ccccc4)c3N(Cl)CN2[C@H]1c1ccccc1. The summed E-state index contributed by atoms with van der Waals surface area (Å²) >= 11 is 6.69. The molecule has 2 atom stereocenters. The third kappa shape index (κ3) is 2.24. The first-order valence-corrected chi connectivity index (χ1v) is 9.04. The molecule has 0 amide bonds. The van der Waals surface area contributed by atoms with Gasteiger partial charge in [-0.25, -0.2) is 9.10 Å². The predicted octanol–water partition coefficient (Wildman–Crippen LogP) is 4.00. The molecule has 2 aromatic carbocycles. The number of anilines is 1. The Balaban J connectivity index is 1.59. The van der Waals surface area contributed by atoms with E-state index < -0.39 is 0 Å². The van der Waals surface area contributed by atoms with E-state index in [1.54, 1.807) is 4.42 Å². The molecule has 2 aliphatic rings. The molecule has 0 saturated carbocycles. The van der Waals surface area contributed by atoms with Crippen LogP contribution in [-0.4, -0.2) is 33.2 Å². The summed E-state index contributed by atoms with van der Waals surface area (Å²) in [5.41, 5.74) is 3.21. The minimum atomic E-state index is 0.156. The molecule has 0 fully saturated rings. The van der Waals surface area contributed by atoms with Gasteiger partial charge in [-0.15, -0.1) is 0 Å². The second kappa shape index (κ2) is 5.88. The topological polar surface area (TPSA) is 36.7 Å². The molecule has 0 saturated heterocycles. The van der Waals surface area contributed by atoms with Gasteiger partial charge < -0.3 is 4.90 Å². The van der Waals surface area contributed by atoms with E-state index in [1.807, 2.05) is 47.3 Å². The van der Waals surface area contributed by atoms with Crippen molar-refractivity contribution in [3.8, 4) is 5.69 Å². The second-order valence-electron chi connectivity index (χ2n) is 6.65. The first-order chi connectivity index (χ1) is 12.7. The highest BCUT2D eigenvalue weighted by atomic mass is 35.5. The number of hydrogen-bond acceptors (Lipinski definition) is 4. The Bertz CT molecular complexity index is 966. The van der Waals surface area contributed by atoms with Gasteiger partial charge in [0.25, 0.3) is 0 Å². The van der Waals surface area contributed by atoms with Crippen molar-refractivity contribution in [1.29, 1.82) is 0 Å². The molecule has 0 bridgehead atoms. The Hall–Kier alpha value is -2.79. The number of amidine groups is 1. The summed E-state index contributed by atoms with van der Waals surface area (Å²) in [5, 5.41) is 4.58. The van der Waals surface area contributed by atoms with Crippen LogP contribution >= 0.6 is 11.8 Å². The quantitative estimate of drug-likeness (QED) is 0.646. The Morgan fingerprint density at radius 1 is 1.00 bits per heavy atom. The fourth-order valence-electron chi connectivity index (χ4n) is 3.91. The zero-order chi connectivity index (χ0) is 17.7. The largest absolute Gasteiger partial charge is 0.328 e. The second-order valence-corrected chi connectivity index (χ2v) is 7.06. The van der Waals surface area contributed by atoms with E-state index in [9.17, 15) is 0 Å². The van der Waals surface area contributed by atoms with Crippen molar-refractivity contribution in [2.24, 2.45) is 4.99 Å². The summed E-state index contributed by atoms with van der Waals surface area (Å²) in [6.07, 6.45) is 1.86. The Kier molecular flexibility index (Phi) is 3.50. The number of para-hydroxylation sites is 1. The molecule has 5 nitrogen and oxygen atoms in total. The van der Waals surface area contributed by atoms with Crippen molar-refractivity contribution < 1.29 is 0 Å². The number of benzene rings is 2. The van der Waals surface area contributed by atoms with Crippen LogP contribution in [0.25, 0.3) is 5.69 Å². The maximum absolute atomic E-state index is 6.69. The van der Waals surface area contributed by atoms with Crippen molar-refractivity contribution in [2.75, 3.05) is 11.1 Å². The molecule has 26 heavy (non-hydrogen) atoms. The highest BCUT2D eigenvalue weighted by Crippen LogP contribution is 2.41. The van der Waals surface area contributed by atoms with Crippen LogP contribution in [0.5, 0.6) is 0 Å². The summed E-state index contributed by atoms with van der Waals surface area (Å²) in [4.78, 5) is 7.23. The van der Waals surface area contributed by atoms with Gasteiger partial charge in [0.1, 0.15) is 12.5 Å². The van der Waals surface area contributed by atoms with Crippen molar-refractivity contribution in [2.45, 2.75) is 19.0 Å². The van der Waals surface area contributed by atoms with Gasteiger partial charge in [0.15, 0.2) is 5.82 Å². The van der Waals surface area contributed by atoms with Crippen LogP contribution in [-0.2, 0) is 0 Å². The minimum absolute atomic E-state index is 0.156. The molecule has 3 aromatic rings. The van der Waals surface area contributed by atoms with Gasteiger partial charge in [0.05, 0.1) is 29.5 Å². The van der Waals surface area contributed by atoms with Crippen molar-refractivity contribution in [1.82, 2.24) is 14.7 Å². The summed E-state index contributed by atoms with van der Waals surface area (Å²) in [6, 6.07) is 20.9. The van der Waals surface area contributed by atoms with Gasteiger partial charge in [-0.3, -0.25) is 4.99 Å². The lowest BCUT2D eigenvalue weighted by Crippen LogP contribution is -2.43. The summed E-state index contributed by atoms with van der Waals surface area (Å²) in [7, 11) is 0. The normalized spacial score (nSPS) is 21.4. The summed E-state index contributed by atoms with van der Waals surface area (Å²) in [5.74, 6) is 1.84. The number of aliphatic imine (C=N–C) groups is 1. The molecule has 0 radical (unpaired) electrons. The van der Waals surface area contributed by atoms with Gasteiger partial charge in [-0.05, 0) is 24.6 Å². The molecule has 0 N–H and O–H groups in total. The monoisotopic (exact) mass is 363 g/mol. The molecular formula is C20H18ClN5. The van der Waals surface area contributed by atoms with Gasteiger partial charge in [0, 0.05) is 11.8 Å². The van der Waals surface area contributed by atoms with Crippen LogP contribution in [0.2, 0.25) is 0 Å². The molecule has 2 aliphatic heterocycles. The zero-order valence-corrected chi connectivity index (χ0v) is 15.1. The van der Waals surface area contributed by atoms with E-state index >= 15 is 0 Å². The van der Waals surface area contributed by atoms with Crippen LogP contribution in [0.15, 0.2) is 71.9 Å². The van der Waals surface area contributed by atoms with E-state index in [0.29, 0.717) is 6.67 Å². The van der Waals surface area contributed by atoms with E-state index in [0.717, 1.165) is 22.9 Å². The number of rotatable bonds is 2. The van der Waals surface area contributed by atoms with E-state index in [4.69, 9.17) is 16.8 Å². The fraction of sp³-hybridized carbons (Fsp3) is 0.200. The minimum Gasteiger partial charge on any atom is -0.328 e. The number of aromatic nitrogens is 2. The molecule has 1 aromatic heterocycles. The lowest BCUT2D eigenvalue weighted by atomic mass is 10.0. The fourth-order valence-corrected chi connectivity index (χ4v) is 4.19. The lowest BCUT2D eigenvalue weighted by Gasteiger charge is -2.36. The van der Waals surface area contributed by atoms with Gasteiger partial charge in [-0.1, -0.05) is 48.5 Å². The Morgan fingerprint density at radius 2 is 1.69 bits per heavy atom. The number of nitrogens with zero attached hydrogens (tertiary/aromatic N) is 5. The van der Waals surface area contributed by atoms with Crippen molar-refractivity contribution in [3.63, 3.8) is 0 Å². The van der Waals surface area contributed by atoms with Crippen LogP contribution in [0.1, 0.15) is 24.1 Å². The Morgan fingerprint density at radius 3 is 2.42 bits per heavy atom. The van der Waals surface area contributed by atoms with Crippen molar-refractivity contribution in [3.05, 3.63) is 78.0 Å². The van der Waals surface area contributed by atoms with E-state index in [-0.39, 0.29) is 12.1 Å². The standard InChI is InChI=1S/C20H18ClN5/c1-14-18(15-8-4-2-5-9-15)24-13-25(21)20-17(19(24)23-14)12-22-26(20)16-10-6-3-7-11-16/h2-12,14,18H,13H2,1H3/t14-,18+/m0/s1. The van der Waals surface area contributed by atoms with Crippen molar-refractivity contribution >= 4 is 23.4 Å². The molecule has 3 heterocycles. The first kappa shape index (κ1) is 15.5. The number of hydrogen-bond donors (Lipinski definition) is 0. The van der Waals surface area contributed by atoms with Crippen LogP contribution in [0.3, 0.4) is 0 Å². The van der Waals surface area contributed by atoms with Crippen LogP contribution < -0.4 is 4.42 Å².